The van der Waals surface area contributed by atoms with E-state index >= 15 is 0 Å². The van der Waals surface area contributed by atoms with E-state index in [1.165, 1.54) is 7.11 Å². The lowest BCUT2D eigenvalue weighted by atomic mass is 9.93. The second kappa shape index (κ2) is 8.15. The molecule has 1 unspecified atom stereocenters. The molecule has 1 aliphatic carbocycles. The molecule has 0 bridgehead atoms. The van der Waals surface area contributed by atoms with Crippen molar-refractivity contribution in [3.63, 3.8) is 0 Å². The quantitative estimate of drug-likeness (QED) is 0.424. The minimum atomic E-state index is -0.655. The molecule has 1 amide bonds. The van der Waals surface area contributed by atoms with Crippen LogP contribution in [-0.4, -0.2) is 34.8 Å². The lowest BCUT2D eigenvalue weighted by Crippen LogP contribution is -2.37. The van der Waals surface area contributed by atoms with Crippen molar-refractivity contribution in [2.75, 3.05) is 7.11 Å². The molecular formula is C24H24ClNO4. The van der Waals surface area contributed by atoms with Crippen LogP contribution in [0.5, 0.6) is 5.75 Å². The largest absolute Gasteiger partial charge is 0.507 e. The summed E-state index contributed by atoms with van der Waals surface area (Å²) in [7, 11) is 1.51. The molecule has 2 aromatic carbocycles. The minimum Gasteiger partial charge on any atom is -0.507 e. The summed E-state index contributed by atoms with van der Waals surface area (Å²) in [6.07, 6.45) is 3.79. The number of ether oxygens (including phenoxy) is 1. The van der Waals surface area contributed by atoms with Crippen molar-refractivity contribution in [1.29, 1.82) is 0 Å². The third-order valence-electron chi connectivity index (χ3n) is 5.98. The number of aliphatic hydroxyl groups is 1. The van der Waals surface area contributed by atoms with Gasteiger partial charge in [0, 0.05) is 11.6 Å². The van der Waals surface area contributed by atoms with Crippen molar-refractivity contribution >= 4 is 29.1 Å². The maximum Gasteiger partial charge on any atom is 0.295 e. The average molecular weight is 426 g/mol. The highest BCUT2D eigenvalue weighted by Gasteiger charge is 2.49. The Bertz CT molecular complexity index is 1040. The smallest absolute Gasteiger partial charge is 0.295 e. The molecule has 0 spiro atoms. The van der Waals surface area contributed by atoms with Gasteiger partial charge < -0.3 is 14.7 Å². The van der Waals surface area contributed by atoms with Crippen LogP contribution in [0, 0.1) is 6.92 Å². The van der Waals surface area contributed by atoms with Gasteiger partial charge in [0.1, 0.15) is 11.5 Å². The first kappa shape index (κ1) is 20.5. The molecule has 30 heavy (non-hydrogen) atoms. The maximum atomic E-state index is 13.1. The summed E-state index contributed by atoms with van der Waals surface area (Å²) in [5, 5.41) is 11.5. The third-order valence-corrected chi connectivity index (χ3v) is 6.28. The Balaban J connectivity index is 1.89. The van der Waals surface area contributed by atoms with Crippen LogP contribution in [-0.2, 0) is 9.59 Å². The number of methoxy groups -OCH3 is 1. The van der Waals surface area contributed by atoms with E-state index in [2.05, 4.69) is 0 Å². The number of ketones is 1. The number of nitrogens with zero attached hydrogens (tertiary/aromatic N) is 1. The average Bonchev–Trinajstić information content (AvgIpc) is 3.34. The van der Waals surface area contributed by atoms with E-state index in [0.717, 1.165) is 36.8 Å². The third kappa shape index (κ3) is 3.47. The van der Waals surface area contributed by atoms with Crippen LogP contribution in [0.1, 0.15) is 48.4 Å². The Labute approximate surface area is 180 Å². The predicted molar refractivity (Wildman–Crippen MR) is 116 cm³/mol. The Morgan fingerprint density at radius 2 is 1.87 bits per heavy atom. The maximum absolute atomic E-state index is 13.1. The zero-order valence-electron chi connectivity index (χ0n) is 17.0. The molecule has 1 heterocycles. The number of Topliss-reactive ketones (excluding diaryl/α,β-unsaturated/α-hetero) is 1. The van der Waals surface area contributed by atoms with Crippen LogP contribution in [0.15, 0.2) is 48.0 Å². The van der Waals surface area contributed by atoms with Crippen molar-refractivity contribution in [3.05, 3.63) is 69.8 Å². The summed E-state index contributed by atoms with van der Waals surface area (Å²) < 4.78 is 5.17. The monoisotopic (exact) mass is 425 g/mol. The summed E-state index contributed by atoms with van der Waals surface area (Å²) in [6, 6.07) is 11.9. The van der Waals surface area contributed by atoms with Crippen molar-refractivity contribution in [1.82, 2.24) is 4.90 Å². The SMILES string of the molecule is COc1ccc(/C(O)=C2/C(=O)C(=O)N(C3CCCC3)C2c2cccc(C)c2)cc1Cl. The van der Waals surface area contributed by atoms with Gasteiger partial charge in [-0.3, -0.25) is 9.59 Å². The van der Waals surface area contributed by atoms with E-state index in [-0.39, 0.29) is 17.4 Å². The van der Waals surface area contributed by atoms with Gasteiger partial charge in [-0.1, -0.05) is 54.3 Å². The Hall–Kier alpha value is -2.79. The summed E-state index contributed by atoms with van der Waals surface area (Å²) >= 11 is 6.23. The number of carbonyl (C=O) groups is 2. The second-order valence-electron chi connectivity index (χ2n) is 7.91. The molecule has 1 N–H and O–H groups in total. The van der Waals surface area contributed by atoms with Crippen molar-refractivity contribution < 1.29 is 19.4 Å². The molecule has 156 valence electrons. The van der Waals surface area contributed by atoms with Crippen LogP contribution in [0.4, 0.5) is 0 Å². The molecule has 1 atom stereocenters. The molecule has 0 aromatic heterocycles. The molecule has 4 rings (SSSR count). The van der Waals surface area contributed by atoms with Gasteiger partial charge in [0.05, 0.1) is 23.7 Å². The normalized spacial score (nSPS) is 21.4. The molecule has 2 fully saturated rings. The molecule has 1 saturated heterocycles. The fraction of sp³-hybridized carbons (Fsp3) is 0.333. The van der Waals surface area contributed by atoms with E-state index in [0.29, 0.717) is 16.3 Å². The number of amides is 1. The number of rotatable bonds is 4. The number of halogens is 1. The number of hydrogen-bond donors (Lipinski definition) is 1. The highest BCUT2D eigenvalue weighted by Crippen LogP contribution is 2.44. The van der Waals surface area contributed by atoms with Gasteiger partial charge in [0.2, 0.25) is 0 Å². The van der Waals surface area contributed by atoms with Gasteiger partial charge in [0.25, 0.3) is 11.7 Å². The lowest BCUT2D eigenvalue weighted by Gasteiger charge is -2.31. The molecular weight excluding hydrogens is 402 g/mol. The summed E-state index contributed by atoms with van der Waals surface area (Å²) in [4.78, 5) is 27.8. The molecule has 2 aliphatic rings. The zero-order chi connectivity index (χ0) is 21.4. The molecule has 2 aromatic rings. The zero-order valence-corrected chi connectivity index (χ0v) is 17.8. The fourth-order valence-corrected chi connectivity index (χ4v) is 4.80. The number of carbonyl (C=O) groups excluding carboxylic acids is 2. The van der Waals surface area contributed by atoms with E-state index < -0.39 is 17.7 Å². The van der Waals surface area contributed by atoms with Crippen LogP contribution in [0.2, 0.25) is 5.02 Å². The van der Waals surface area contributed by atoms with E-state index in [9.17, 15) is 14.7 Å². The first-order valence-electron chi connectivity index (χ1n) is 10.1. The summed E-state index contributed by atoms with van der Waals surface area (Å²) in [6.45, 7) is 1.97. The van der Waals surface area contributed by atoms with Gasteiger partial charge in [-0.15, -0.1) is 0 Å². The molecule has 5 nitrogen and oxygen atoms in total. The van der Waals surface area contributed by atoms with Crippen LogP contribution in [0.3, 0.4) is 0 Å². The van der Waals surface area contributed by atoms with Crippen molar-refractivity contribution in [2.45, 2.75) is 44.7 Å². The number of benzene rings is 2. The van der Waals surface area contributed by atoms with Crippen molar-refractivity contribution in [2.24, 2.45) is 0 Å². The number of aryl methyl sites for hydroxylation is 1. The summed E-state index contributed by atoms with van der Waals surface area (Å²) in [5.41, 5.74) is 2.33. The number of likely N-dealkylation sites (tertiary alicyclic amines) is 1. The van der Waals surface area contributed by atoms with Gasteiger partial charge >= 0.3 is 0 Å². The standard InChI is InChI=1S/C24H24ClNO4/c1-14-6-5-7-15(12-14)21-20(22(27)16-10-11-19(30-2)18(25)13-16)23(28)24(29)26(21)17-8-3-4-9-17/h5-7,10-13,17,21,27H,3-4,8-9H2,1-2H3/b22-20-. The van der Waals surface area contributed by atoms with Gasteiger partial charge in [-0.2, -0.15) is 0 Å². The predicted octanol–water partition coefficient (Wildman–Crippen LogP) is 5.02. The number of hydrogen-bond acceptors (Lipinski definition) is 4. The Morgan fingerprint density at radius 1 is 1.13 bits per heavy atom. The molecule has 1 aliphatic heterocycles. The Kier molecular flexibility index (Phi) is 5.56. The summed E-state index contributed by atoms with van der Waals surface area (Å²) in [5.74, 6) is -0.952. The molecule has 6 heteroatoms. The van der Waals surface area contributed by atoms with E-state index in [4.69, 9.17) is 16.3 Å². The highest BCUT2D eigenvalue weighted by atomic mass is 35.5. The molecule has 1 saturated carbocycles. The van der Waals surface area contributed by atoms with Gasteiger partial charge in [-0.05, 0) is 43.5 Å². The van der Waals surface area contributed by atoms with E-state index in [1.54, 1.807) is 23.1 Å². The first-order chi connectivity index (χ1) is 14.4. The van der Waals surface area contributed by atoms with Crippen LogP contribution < -0.4 is 4.74 Å². The minimum absolute atomic E-state index is 0.00304. The second-order valence-corrected chi connectivity index (χ2v) is 8.32. The number of aliphatic hydroxyl groups excluding tert-OH is 1. The topological polar surface area (TPSA) is 66.8 Å². The molecule has 0 radical (unpaired) electrons. The first-order valence-corrected chi connectivity index (χ1v) is 10.5. The van der Waals surface area contributed by atoms with Crippen LogP contribution >= 0.6 is 11.6 Å². The van der Waals surface area contributed by atoms with E-state index in [1.807, 2.05) is 31.2 Å². The van der Waals surface area contributed by atoms with Gasteiger partial charge in [-0.25, -0.2) is 0 Å². The van der Waals surface area contributed by atoms with Crippen molar-refractivity contribution in [3.8, 4) is 5.75 Å². The highest BCUT2D eigenvalue weighted by molar-refractivity contribution is 6.46. The van der Waals surface area contributed by atoms with Gasteiger partial charge in [0.15, 0.2) is 0 Å². The van der Waals surface area contributed by atoms with Crippen LogP contribution in [0.25, 0.3) is 5.76 Å². The fourth-order valence-electron chi connectivity index (χ4n) is 4.55. The Morgan fingerprint density at radius 3 is 2.50 bits per heavy atom. The lowest BCUT2D eigenvalue weighted by molar-refractivity contribution is -0.141.